The number of aromatic nitrogens is 2. The van der Waals surface area contributed by atoms with Gasteiger partial charge in [-0.25, -0.2) is 0 Å². The highest BCUT2D eigenvalue weighted by Gasteiger charge is 2.09. The van der Waals surface area contributed by atoms with E-state index in [-0.39, 0.29) is 6.61 Å². The van der Waals surface area contributed by atoms with Crippen molar-refractivity contribution in [2.75, 3.05) is 19.8 Å². The third-order valence-corrected chi connectivity index (χ3v) is 4.46. The van der Waals surface area contributed by atoms with E-state index in [2.05, 4.69) is 16.0 Å². The number of thiazole rings is 1. The summed E-state index contributed by atoms with van der Waals surface area (Å²) >= 11 is 1.63. The minimum atomic E-state index is 0.129. The Morgan fingerprint density at radius 2 is 2.12 bits per heavy atom. The molecule has 0 atom stereocenters. The number of ether oxygens (including phenoxy) is 1. The Balaban J connectivity index is 1.76. The van der Waals surface area contributed by atoms with E-state index in [9.17, 15) is 5.11 Å². The summed E-state index contributed by atoms with van der Waals surface area (Å²) in [7, 11) is 0. The molecule has 3 aromatic rings. The van der Waals surface area contributed by atoms with Crippen molar-refractivity contribution in [3.63, 3.8) is 0 Å². The summed E-state index contributed by atoms with van der Waals surface area (Å²) < 4.78 is 5.53. The van der Waals surface area contributed by atoms with Crippen molar-refractivity contribution in [3.05, 3.63) is 52.6 Å². The van der Waals surface area contributed by atoms with Crippen LogP contribution in [-0.4, -0.2) is 39.7 Å². The van der Waals surface area contributed by atoms with Crippen molar-refractivity contribution in [3.8, 4) is 5.75 Å². The van der Waals surface area contributed by atoms with Gasteiger partial charge in [0.2, 0.25) is 0 Å². The fraction of sp³-hybridized carbons (Fsp3) is 0.333. The zero-order valence-electron chi connectivity index (χ0n) is 13.7. The molecule has 5 nitrogen and oxygen atoms in total. The number of aliphatic hydroxyl groups is 1. The number of fused-ring (bicyclic) bond motifs is 1. The minimum Gasteiger partial charge on any atom is -0.494 e. The van der Waals surface area contributed by atoms with Crippen LogP contribution in [0.2, 0.25) is 0 Å². The second kappa shape index (κ2) is 8.19. The first-order valence-electron chi connectivity index (χ1n) is 8.01. The van der Waals surface area contributed by atoms with E-state index >= 15 is 0 Å². The zero-order valence-corrected chi connectivity index (χ0v) is 14.5. The highest BCUT2D eigenvalue weighted by Crippen LogP contribution is 2.21. The quantitative estimate of drug-likeness (QED) is 0.681. The summed E-state index contributed by atoms with van der Waals surface area (Å²) in [4.78, 5) is 12.2. The van der Waals surface area contributed by atoms with Gasteiger partial charge < -0.3 is 9.84 Å². The minimum absolute atomic E-state index is 0.129. The van der Waals surface area contributed by atoms with Gasteiger partial charge in [-0.05, 0) is 31.2 Å². The topological polar surface area (TPSA) is 58.5 Å². The molecule has 2 aromatic heterocycles. The number of benzene rings is 1. The van der Waals surface area contributed by atoms with Gasteiger partial charge in [-0.3, -0.25) is 14.9 Å². The Bertz CT molecular complexity index is 777. The molecule has 0 bridgehead atoms. The van der Waals surface area contributed by atoms with Gasteiger partial charge >= 0.3 is 0 Å². The van der Waals surface area contributed by atoms with Crippen molar-refractivity contribution < 1.29 is 9.84 Å². The molecule has 1 N–H and O–H groups in total. The van der Waals surface area contributed by atoms with Crippen LogP contribution in [0.25, 0.3) is 10.9 Å². The van der Waals surface area contributed by atoms with Gasteiger partial charge in [0.1, 0.15) is 5.75 Å². The fourth-order valence-electron chi connectivity index (χ4n) is 2.62. The van der Waals surface area contributed by atoms with E-state index in [1.165, 1.54) is 4.88 Å². The van der Waals surface area contributed by atoms with Crippen LogP contribution in [0.5, 0.6) is 5.75 Å². The molecule has 0 spiro atoms. The summed E-state index contributed by atoms with van der Waals surface area (Å²) in [6, 6.07) is 10.1. The Morgan fingerprint density at radius 3 is 2.88 bits per heavy atom. The molecule has 0 radical (unpaired) electrons. The number of nitrogens with zero attached hydrogens (tertiary/aromatic N) is 3. The van der Waals surface area contributed by atoms with Crippen LogP contribution in [-0.2, 0) is 13.1 Å². The molecule has 0 aliphatic heterocycles. The predicted molar refractivity (Wildman–Crippen MR) is 96.2 cm³/mol. The largest absolute Gasteiger partial charge is 0.494 e. The Hall–Kier alpha value is -2.02. The Morgan fingerprint density at radius 1 is 1.21 bits per heavy atom. The van der Waals surface area contributed by atoms with Gasteiger partial charge in [0.05, 0.1) is 29.9 Å². The second-order valence-electron chi connectivity index (χ2n) is 5.49. The lowest BCUT2D eigenvalue weighted by atomic mass is 10.2. The summed E-state index contributed by atoms with van der Waals surface area (Å²) in [6.07, 6.45) is 1.87. The molecule has 0 saturated heterocycles. The molecule has 6 heteroatoms. The molecule has 0 saturated carbocycles. The molecule has 0 aliphatic carbocycles. The summed E-state index contributed by atoms with van der Waals surface area (Å²) in [5.74, 6) is 0.867. The van der Waals surface area contributed by atoms with Gasteiger partial charge in [0.25, 0.3) is 0 Å². The van der Waals surface area contributed by atoms with Crippen LogP contribution in [0.15, 0.2) is 42.0 Å². The van der Waals surface area contributed by atoms with Crippen molar-refractivity contribution >= 4 is 22.2 Å². The Labute approximate surface area is 145 Å². The molecule has 0 fully saturated rings. The summed E-state index contributed by atoms with van der Waals surface area (Å²) in [6.45, 7) is 4.84. The average Bonchev–Trinajstić information content (AvgIpc) is 3.08. The van der Waals surface area contributed by atoms with Gasteiger partial charge in [0.15, 0.2) is 0 Å². The molecule has 24 heavy (non-hydrogen) atoms. The van der Waals surface area contributed by atoms with E-state index in [1.54, 1.807) is 11.3 Å². The molecular formula is C18H21N3O2S. The maximum absolute atomic E-state index is 9.31. The molecule has 1 aromatic carbocycles. The number of hydrogen-bond donors (Lipinski definition) is 1. The van der Waals surface area contributed by atoms with E-state index in [1.807, 2.05) is 42.9 Å². The molecule has 126 valence electrons. The van der Waals surface area contributed by atoms with Gasteiger partial charge in [0, 0.05) is 36.1 Å². The maximum atomic E-state index is 9.31. The highest BCUT2D eigenvalue weighted by molar-refractivity contribution is 7.09. The molecule has 0 amide bonds. The van der Waals surface area contributed by atoms with Gasteiger partial charge in [-0.2, -0.15) is 0 Å². The smallest absolute Gasteiger partial charge is 0.120 e. The number of aliphatic hydroxyl groups excluding tert-OH is 1. The number of rotatable bonds is 8. The number of hydrogen-bond acceptors (Lipinski definition) is 6. The molecule has 2 heterocycles. The van der Waals surface area contributed by atoms with E-state index < -0.39 is 0 Å². The monoisotopic (exact) mass is 343 g/mol. The normalized spacial score (nSPS) is 11.3. The zero-order chi connectivity index (χ0) is 16.8. The van der Waals surface area contributed by atoms with Crippen LogP contribution < -0.4 is 4.74 Å². The first-order chi connectivity index (χ1) is 11.8. The average molecular weight is 343 g/mol. The van der Waals surface area contributed by atoms with Crippen LogP contribution in [0.1, 0.15) is 17.5 Å². The standard InChI is InChI=1S/C18H21N3O2S/c1-2-23-16-5-6-18-14(9-16)3-4-15(20-18)11-21(7-8-22)12-17-10-19-13-24-17/h3-6,9-10,13,22H,2,7-8,11-12H2,1H3. The van der Waals surface area contributed by atoms with Crippen LogP contribution in [0, 0.1) is 0 Å². The van der Waals surface area contributed by atoms with Crippen LogP contribution in [0.3, 0.4) is 0 Å². The van der Waals surface area contributed by atoms with Crippen LogP contribution >= 0.6 is 11.3 Å². The lowest BCUT2D eigenvalue weighted by Gasteiger charge is -2.20. The van der Waals surface area contributed by atoms with Crippen molar-refractivity contribution in [2.24, 2.45) is 0 Å². The van der Waals surface area contributed by atoms with Gasteiger partial charge in [-0.15, -0.1) is 11.3 Å². The van der Waals surface area contributed by atoms with Crippen molar-refractivity contribution in [1.29, 1.82) is 0 Å². The van der Waals surface area contributed by atoms with E-state index in [4.69, 9.17) is 9.72 Å². The first-order valence-corrected chi connectivity index (χ1v) is 8.89. The third-order valence-electron chi connectivity index (χ3n) is 3.69. The van der Waals surface area contributed by atoms with E-state index in [0.717, 1.165) is 28.9 Å². The lowest BCUT2D eigenvalue weighted by molar-refractivity contribution is 0.184. The highest BCUT2D eigenvalue weighted by atomic mass is 32.1. The molecule has 0 aliphatic rings. The Kier molecular flexibility index (Phi) is 5.74. The van der Waals surface area contributed by atoms with E-state index in [0.29, 0.717) is 19.7 Å². The molecule has 0 unspecified atom stereocenters. The SMILES string of the molecule is CCOc1ccc2nc(CN(CCO)Cc3cncs3)ccc2c1. The summed E-state index contributed by atoms with van der Waals surface area (Å²) in [5.41, 5.74) is 3.78. The fourth-order valence-corrected chi connectivity index (χ4v) is 3.25. The predicted octanol–water partition coefficient (Wildman–Crippen LogP) is 3.08. The molecular weight excluding hydrogens is 322 g/mol. The lowest BCUT2D eigenvalue weighted by Crippen LogP contribution is -2.26. The van der Waals surface area contributed by atoms with Crippen molar-refractivity contribution in [1.82, 2.24) is 14.9 Å². The van der Waals surface area contributed by atoms with Crippen molar-refractivity contribution in [2.45, 2.75) is 20.0 Å². The van der Waals surface area contributed by atoms with Crippen LogP contribution in [0.4, 0.5) is 0 Å². The number of pyridine rings is 1. The maximum Gasteiger partial charge on any atom is 0.120 e. The van der Waals surface area contributed by atoms with Gasteiger partial charge in [-0.1, -0.05) is 6.07 Å². The second-order valence-corrected chi connectivity index (χ2v) is 6.46. The molecule has 3 rings (SSSR count). The third kappa shape index (κ3) is 4.29. The first kappa shape index (κ1) is 16.8. The summed E-state index contributed by atoms with van der Waals surface area (Å²) in [5, 5.41) is 10.4.